The molecule has 4 rings (SSSR count). The van der Waals surface area contributed by atoms with Crippen LogP contribution in [0.5, 0.6) is 5.75 Å². The zero-order valence-electron chi connectivity index (χ0n) is 25.7. The van der Waals surface area contributed by atoms with Crippen molar-refractivity contribution in [1.82, 2.24) is 10.2 Å². The van der Waals surface area contributed by atoms with Gasteiger partial charge < -0.3 is 15.0 Å². The number of sulfonamides is 1. The molecule has 0 spiro atoms. The van der Waals surface area contributed by atoms with Crippen LogP contribution in [-0.2, 0) is 32.6 Å². The highest BCUT2D eigenvalue weighted by Gasteiger charge is 2.35. The lowest BCUT2D eigenvalue weighted by Crippen LogP contribution is -2.53. The maximum Gasteiger partial charge on any atom is 0.264 e. The van der Waals surface area contributed by atoms with Crippen LogP contribution in [0.3, 0.4) is 0 Å². The minimum absolute atomic E-state index is 0.0282. The van der Waals surface area contributed by atoms with E-state index in [9.17, 15) is 18.0 Å². The van der Waals surface area contributed by atoms with Gasteiger partial charge in [0, 0.05) is 29.5 Å². The van der Waals surface area contributed by atoms with Gasteiger partial charge in [-0.2, -0.15) is 0 Å². The van der Waals surface area contributed by atoms with E-state index < -0.39 is 40.2 Å². The number of halogens is 2. The molecular weight excluding hydrogens is 673 g/mol. The fraction of sp³-hybridized carbons (Fsp3) is 0.257. The summed E-state index contributed by atoms with van der Waals surface area (Å²) >= 11 is 3.34. The number of rotatable bonds is 15. The molecule has 4 aromatic carbocycles. The van der Waals surface area contributed by atoms with E-state index in [0.29, 0.717) is 29.8 Å². The fourth-order valence-corrected chi connectivity index (χ4v) is 6.55. The number of amides is 2. The Kier molecular flexibility index (Phi) is 12.3. The van der Waals surface area contributed by atoms with Crippen LogP contribution in [-0.4, -0.2) is 50.9 Å². The van der Waals surface area contributed by atoms with Crippen molar-refractivity contribution < 1.29 is 27.1 Å². The largest absolute Gasteiger partial charge is 0.494 e. The summed E-state index contributed by atoms with van der Waals surface area (Å²) < 4.78 is 50.5. The van der Waals surface area contributed by atoms with E-state index in [4.69, 9.17) is 4.74 Å². The number of hydrogen-bond acceptors (Lipinski definition) is 5. The van der Waals surface area contributed by atoms with Gasteiger partial charge in [0.1, 0.15) is 24.2 Å². The first-order chi connectivity index (χ1) is 22.1. The Hall–Kier alpha value is -4.22. The highest BCUT2D eigenvalue weighted by molar-refractivity contribution is 9.10. The maximum absolute atomic E-state index is 15.0. The molecule has 4 aromatic rings. The lowest BCUT2D eigenvalue weighted by Gasteiger charge is -2.34. The molecule has 0 radical (unpaired) electrons. The van der Waals surface area contributed by atoms with E-state index in [-0.39, 0.29) is 29.1 Å². The van der Waals surface area contributed by atoms with E-state index in [1.54, 1.807) is 54.6 Å². The van der Waals surface area contributed by atoms with Crippen molar-refractivity contribution in [1.29, 1.82) is 0 Å². The van der Waals surface area contributed by atoms with Gasteiger partial charge in [-0.3, -0.25) is 13.9 Å². The normalized spacial score (nSPS) is 11.8. The van der Waals surface area contributed by atoms with Gasteiger partial charge in [-0.05, 0) is 73.5 Å². The predicted octanol–water partition coefficient (Wildman–Crippen LogP) is 6.35. The SMILES string of the molecule is CCCNC(=O)[C@H](Cc1ccccc1)N(Cc1ccccc1F)C(=O)CN(c1ccc(OCC)cc1)S(=O)(=O)c1ccc(Br)cc1. The first-order valence-electron chi connectivity index (χ1n) is 15.0. The van der Waals surface area contributed by atoms with Gasteiger partial charge in [0.2, 0.25) is 11.8 Å². The Labute approximate surface area is 278 Å². The van der Waals surface area contributed by atoms with Crippen molar-refractivity contribution >= 4 is 43.5 Å². The lowest BCUT2D eigenvalue weighted by molar-refractivity contribution is -0.140. The average Bonchev–Trinajstić information content (AvgIpc) is 3.06. The predicted molar refractivity (Wildman–Crippen MR) is 180 cm³/mol. The molecule has 0 heterocycles. The van der Waals surface area contributed by atoms with Crippen LogP contribution in [0.15, 0.2) is 112 Å². The Balaban J connectivity index is 1.80. The number of benzene rings is 4. The van der Waals surface area contributed by atoms with E-state index in [1.165, 1.54) is 23.1 Å². The van der Waals surface area contributed by atoms with E-state index >= 15 is 4.39 Å². The van der Waals surface area contributed by atoms with Crippen LogP contribution in [0, 0.1) is 5.82 Å². The molecule has 0 aliphatic heterocycles. The first-order valence-corrected chi connectivity index (χ1v) is 17.2. The highest BCUT2D eigenvalue weighted by atomic mass is 79.9. The third-order valence-corrected chi connectivity index (χ3v) is 9.55. The van der Waals surface area contributed by atoms with Crippen molar-refractivity contribution in [3.8, 4) is 5.75 Å². The zero-order chi connectivity index (χ0) is 33.1. The molecule has 0 bridgehead atoms. The quantitative estimate of drug-likeness (QED) is 0.155. The number of hydrogen-bond donors (Lipinski definition) is 1. The Morgan fingerprint density at radius 3 is 2.17 bits per heavy atom. The van der Waals surface area contributed by atoms with Gasteiger partial charge in [-0.15, -0.1) is 0 Å². The summed E-state index contributed by atoms with van der Waals surface area (Å²) in [5.41, 5.74) is 1.21. The molecule has 0 saturated heterocycles. The van der Waals surface area contributed by atoms with Crippen molar-refractivity contribution in [2.75, 3.05) is 24.0 Å². The Morgan fingerprint density at radius 2 is 1.54 bits per heavy atom. The molecule has 1 N–H and O–H groups in total. The van der Waals surface area contributed by atoms with Crippen LogP contribution < -0.4 is 14.4 Å². The van der Waals surface area contributed by atoms with Crippen molar-refractivity contribution in [2.45, 2.75) is 44.2 Å². The van der Waals surface area contributed by atoms with Gasteiger partial charge in [-0.25, -0.2) is 12.8 Å². The molecule has 0 aliphatic rings. The molecule has 46 heavy (non-hydrogen) atoms. The van der Waals surface area contributed by atoms with E-state index in [2.05, 4.69) is 21.2 Å². The molecule has 242 valence electrons. The van der Waals surface area contributed by atoms with Crippen molar-refractivity contribution in [3.05, 3.63) is 125 Å². The summed E-state index contributed by atoms with van der Waals surface area (Å²) in [4.78, 5) is 29.4. The molecular formula is C35H37BrFN3O5S. The Morgan fingerprint density at radius 1 is 0.891 bits per heavy atom. The Bertz CT molecular complexity index is 1700. The second kappa shape index (κ2) is 16.4. The number of carbonyl (C=O) groups excluding carboxylic acids is 2. The van der Waals surface area contributed by atoms with Gasteiger partial charge >= 0.3 is 0 Å². The second-order valence-electron chi connectivity index (χ2n) is 10.5. The molecule has 0 fully saturated rings. The zero-order valence-corrected chi connectivity index (χ0v) is 28.1. The van der Waals surface area contributed by atoms with Crippen LogP contribution in [0.4, 0.5) is 10.1 Å². The monoisotopic (exact) mass is 709 g/mol. The number of anilines is 1. The van der Waals surface area contributed by atoms with Crippen molar-refractivity contribution in [2.24, 2.45) is 0 Å². The molecule has 2 amide bonds. The molecule has 11 heteroatoms. The van der Waals surface area contributed by atoms with Crippen LogP contribution in [0.1, 0.15) is 31.4 Å². The van der Waals surface area contributed by atoms with Gasteiger partial charge in [-0.1, -0.05) is 71.4 Å². The highest BCUT2D eigenvalue weighted by Crippen LogP contribution is 2.28. The van der Waals surface area contributed by atoms with E-state index in [1.807, 2.05) is 44.2 Å². The third kappa shape index (κ3) is 8.95. The summed E-state index contributed by atoms with van der Waals surface area (Å²) in [5, 5.41) is 2.88. The molecule has 0 saturated carbocycles. The fourth-order valence-electron chi connectivity index (χ4n) is 4.87. The van der Waals surface area contributed by atoms with Gasteiger partial charge in [0.05, 0.1) is 17.2 Å². The molecule has 1 atom stereocenters. The number of ether oxygens (including phenoxy) is 1. The number of nitrogens with one attached hydrogen (secondary N) is 1. The van der Waals surface area contributed by atoms with Gasteiger partial charge in [0.15, 0.2) is 0 Å². The number of carbonyl (C=O) groups is 2. The van der Waals surface area contributed by atoms with Crippen LogP contribution >= 0.6 is 15.9 Å². The average molecular weight is 711 g/mol. The summed E-state index contributed by atoms with van der Waals surface area (Å²) in [6.07, 6.45) is 0.807. The van der Waals surface area contributed by atoms with Crippen LogP contribution in [0.2, 0.25) is 0 Å². The van der Waals surface area contributed by atoms with Crippen LogP contribution in [0.25, 0.3) is 0 Å². The summed E-state index contributed by atoms with van der Waals surface area (Å²) in [6.45, 7) is 3.65. The molecule has 0 aromatic heterocycles. The smallest absolute Gasteiger partial charge is 0.264 e. The number of nitrogens with zero attached hydrogens (tertiary/aromatic N) is 2. The minimum atomic E-state index is -4.28. The first kappa shape index (κ1) is 34.6. The topological polar surface area (TPSA) is 96.0 Å². The van der Waals surface area contributed by atoms with Crippen molar-refractivity contribution in [3.63, 3.8) is 0 Å². The summed E-state index contributed by atoms with van der Waals surface area (Å²) in [5.74, 6) is -1.10. The second-order valence-corrected chi connectivity index (χ2v) is 13.3. The lowest BCUT2D eigenvalue weighted by atomic mass is 10.0. The minimum Gasteiger partial charge on any atom is -0.494 e. The maximum atomic E-state index is 15.0. The molecule has 0 unspecified atom stereocenters. The van der Waals surface area contributed by atoms with E-state index in [0.717, 1.165) is 9.87 Å². The molecule has 8 nitrogen and oxygen atoms in total. The standard InChI is InChI=1S/C35H37BrFN3O5S/c1-3-22-38-35(42)33(23-26-10-6-5-7-11-26)39(24-27-12-8-9-13-32(27)37)34(41)25-40(29-16-18-30(19-17-29)45-4-2)46(43,44)31-20-14-28(36)15-21-31/h5-21,33H,3-4,22-25H2,1-2H3,(H,38,42)/t33-/m0/s1. The summed E-state index contributed by atoms with van der Waals surface area (Å²) in [6, 6.07) is 26.6. The van der Waals surface area contributed by atoms with Gasteiger partial charge in [0.25, 0.3) is 10.0 Å². The molecule has 0 aliphatic carbocycles. The third-order valence-electron chi connectivity index (χ3n) is 7.24. The summed E-state index contributed by atoms with van der Waals surface area (Å²) in [7, 11) is -4.28.